The average molecular weight is 567 g/mol. The summed E-state index contributed by atoms with van der Waals surface area (Å²) in [7, 11) is -1.99. The molecule has 5 aliphatic rings. The maximum Gasteiger partial charge on any atom is 0.185 e. The van der Waals surface area contributed by atoms with Crippen LogP contribution in [0.5, 0.6) is 0 Å². The van der Waals surface area contributed by atoms with Gasteiger partial charge in [0.2, 0.25) is 0 Å². The van der Waals surface area contributed by atoms with Gasteiger partial charge in [0.1, 0.15) is 5.60 Å². The van der Waals surface area contributed by atoms with Gasteiger partial charge in [0.05, 0.1) is 16.8 Å². The third-order valence-corrected chi connectivity index (χ3v) is 14.8. The summed E-state index contributed by atoms with van der Waals surface area (Å²) >= 11 is 4.24. The second-order valence-corrected chi connectivity index (χ2v) is 22.6. The van der Waals surface area contributed by atoms with E-state index in [1.54, 1.807) is 0 Å². The summed E-state index contributed by atoms with van der Waals surface area (Å²) in [4.78, 5) is 13.3. The van der Waals surface area contributed by atoms with Crippen LogP contribution in [0.3, 0.4) is 0 Å². The van der Waals surface area contributed by atoms with Crippen molar-refractivity contribution in [1.82, 2.24) is 0 Å². The highest BCUT2D eigenvalue weighted by molar-refractivity contribution is 8.19. The van der Waals surface area contributed by atoms with Crippen molar-refractivity contribution in [2.45, 2.75) is 121 Å². The Morgan fingerprint density at radius 3 is 2.27 bits per heavy atom. The van der Waals surface area contributed by atoms with Crippen molar-refractivity contribution >= 4 is 38.1 Å². The normalized spacial score (nSPS) is 45.9. The fourth-order valence-corrected chi connectivity index (χ4v) is 13.3. The maximum atomic E-state index is 13.3. The molecule has 3 aliphatic carbocycles. The summed E-state index contributed by atoms with van der Waals surface area (Å²) in [6.07, 6.45) is 13.6. The van der Waals surface area contributed by atoms with E-state index >= 15 is 0 Å². The third kappa shape index (κ3) is 4.48. The van der Waals surface area contributed by atoms with E-state index in [2.05, 4.69) is 89.9 Å². The fourth-order valence-electron chi connectivity index (χ4n) is 8.79. The molecule has 2 aliphatic heterocycles. The Morgan fingerprint density at radius 2 is 1.70 bits per heavy atom. The molecule has 0 bridgehead atoms. The molecule has 0 aromatic rings. The largest absolute Gasteiger partial charge is 0.404 e. The van der Waals surface area contributed by atoms with Gasteiger partial charge in [-0.05, 0) is 87.4 Å². The van der Waals surface area contributed by atoms with E-state index in [4.69, 9.17) is 13.9 Å². The Balaban J connectivity index is 1.58. The lowest BCUT2D eigenvalue weighted by atomic mass is 9.37. The van der Waals surface area contributed by atoms with Crippen molar-refractivity contribution < 1.29 is 18.7 Å². The van der Waals surface area contributed by atoms with Gasteiger partial charge in [0, 0.05) is 16.2 Å². The highest BCUT2D eigenvalue weighted by Gasteiger charge is 2.72. The van der Waals surface area contributed by atoms with Crippen molar-refractivity contribution in [3.8, 4) is 0 Å². The molecular weight excluding hydrogens is 517 g/mol. The van der Waals surface area contributed by atoms with E-state index < -0.39 is 13.9 Å². The van der Waals surface area contributed by atoms with Crippen LogP contribution in [-0.2, 0) is 18.7 Å². The highest BCUT2D eigenvalue weighted by Crippen LogP contribution is 2.72. The third-order valence-electron chi connectivity index (χ3n) is 10.5. The smallest absolute Gasteiger partial charge is 0.185 e. The molecule has 4 nitrogen and oxygen atoms in total. The molecule has 2 spiro atoms. The molecule has 2 heterocycles. The summed E-state index contributed by atoms with van der Waals surface area (Å²) in [5, 5.41) is 0. The SMILES string of the molecule is CC(C)(C)[C@H]1OC[C@]2(C)C(CCC3(C)[C@H]2CCC(C=O)(O[Si](C)(C)C)[C@]32C=CC3(CC2)SCCCS3)O1. The zero-order valence-corrected chi connectivity index (χ0v) is 27.1. The molecule has 0 amide bonds. The first-order valence-corrected chi connectivity index (χ1v) is 19.9. The monoisotopic (exact) mass is 566 g/mol. The van der Waals surface area contributed by atoms with Crippen LogP contribution in [0.25, 0.3) is 0 Å². The molecule has 4 fully saturated rings. The topological polar surface area (TPSA) is 44.8 Å². The number of ether oxygens (including phenoxy) is 2. The van der Waals surface area contributed by atoms with Crippen LogP contribution in [-0.4, -0.2) is 54.8 Å². The van der Waals surface area contributed by atoms with E-state index in [1.807, 2.05) is 0 Å². The zero-order valence-electron chi connectivity index (χ0n) is 24.5. The van der Waals surface area contributed by atoms with Gasteiger partial charge in [-0.15, -0.1) is 23.5 Å². The van der Waals surface area contributed by atoms with E-state index in [0.29, 0.717) is 5.92 Å². The van der Waals surface area contributed by atoms with Crippen molar-refractivity contribution in [1.29, 1.82) is 0 Å². The summed E-state index contributed by atoms with van der Waals surface area (Å²) in [6.45, 7) is 19.0. The Morgan fingerprint density at radius 1 is 1.00 bits per heavy atom. The van der Waals surface area contributed by atoms with E-state index in [1.165, 1.54) is 24.2 Å². The minimum Gasteiger partial charge on any atom is -0.404 e. The molecule has 7 atom stereocenters. The second kappa shape index (κ2) is 9.37. The zero-order chi connectivity index (χ0) is 27.0. The van der Waals surface area contributed by atoms with Crippen LogP contribution in [0.2, 0.25) is 19.6 Å². The number of hydrogen-bond acceptors (Lipinski definition) is 6. The van der Waals surface area contributed by atoms with Gasteiger partial charge in [-0.25, -0.2) is 0 Å². The molecule has 0 radical (unpaired) electrons. The van der Waals surface area contributed by atoms with Crippen LogP contribution in [0, 0.1) is 27.6 Å². The molecule has 2 saturated heterocycles. The Labute approximate surface area is 235 Å². The molecule has 0 aromatic carbocycles. The summed E-state index contributed by atoms with van der Waals surface area (Å²) < 4.78 is 20.5. The molecule has 7 heteroatoms. The first-order chi connectivity index (χ1) is 17.1. The maximum absolute atomic E-state index is 13.3. The van der Waals surface area contributed by atoms with E-state index in [-0.39, 0.29) is 38.1 Å². The van der Waals surface area contributed by atoms with Crippen molar-refractivity contribution in [3.63, 3.8) is 0 Å². The minimum absolute atomic E-state index is 0.0382. The predicted octanol–water partition coefficient (Wildman–Crippen LogP) is 7.68. The summed E-state index contributed by atoms with van der Waals surface area (Å²) in [5.41, 5.74) is -1.21. The number of rotatable bonds is 3. The standard InChI is InChI=1S/C30H50O4S2Si/c1-25(2,3)24-32-21-26(4)22-10-13-29(20-31,34-37(6,7)8)28(27(22,5)12-11-23(26)33-24)14-16-30(17-15-28)35-18-9-19-36-30/h14,16,20,22-24H,9-13,15,17-19,21H2,1-8H3/t22-,23?,24-,26-,27?,28-,29?/m0/s1. The highest BCUT2D eigenvalue weighted by atomic mass is 32.2. The van der Waals surface area contributed by atoms with Gasteiger partial charge in [-0.3, -0.25) is 0 Å². The number of aldehydes is 1. The Kier molecular flexibility index (Phi) is 7.27. The predicted molar refractivity (Wildman–Crippen MR) is 159 cm³/mol. The van der Waals surface area contributed by atoms with Crippen LogP contribution < -0.4 is 0 Å². The average Bonchev–Trinajstić information content (AvgIpc) is 2.81. The van der Waals surface area contributed by atoms with Crippen LogP contribution in [0.15, 0.2) is 12.2 Å². The first-order valence-electron chi connectivity index (χ1n) is 14.6. The van der Waals surface area contributed by atoms with Crippen LogP contribution >= 0.6 is 23.5 Å². The lowest BCUT2D eigenvalue weighted by Crippen LogP contribution is -2.72. The molecule has 37 heavy (non-hydrogen) atoms. The molecule has 5 rings (SSSR count). The van der Waals surface area contributed by atoms with Gasteiger partial charge >= 0.3 is 0 Å². The first kappa shape index (κ1) is 28.7. The molecule has 2 saturated carbocycles. The van der Waals surface area contributed by atoms with E-state index in [9.17, 15) is 4.79 Å². The molecule has 0 N–H and O–H groups in total. The summed E-state index contributed by atoms with van der Waals surface area (Å²) in [6, 6.07) is 0. The second-order valence-electron chi connectivity index (χ2n) is 15.1. The fraction of sp³-hybridized carbons (Fsp3) is 0.900. The Bertz CT molecular complexity index is 922. The summed E-state index contributed by atoms with van der Waals surface area (Å²) in [5.74, 6) is 2.89. The number of carbonyl (C=O) groups is 1. The van der Waals surface area contributed by atoms with Gasteiger partial charge in [-0.2, -0.15) is 0 Å². The van der Waals surface area contributed by atoms with Gasteiger partial charge in [-0.1, -0.05) is 46.8 Å². The number of hydrogen-bond donors (Lipinski definition) is 0. The lowest BCUT2D eigenvalue weighted by molar-refractivity contribution is -0.338. The van der Waals surface area contributed by atoms with Gasteiger partial charge in [0.25, 0.3) is 0 Å². The molecule has 3 unspecified atom stereocenters. The number of thioether (sulfide) groups is 2. The molecular formula is C30H50O4S2Si. The minimum atomic E-state index is -1.99. The lowest BCUT2D eigenvalue weighted by Gasteiger charge is -2.71. The van der Waals surface area contributed by atoms with E-state index in [0.717, 1.165) is 45.1 Å². The molecule has 210 valence electrons. The number of fused-ring (bicyclic) bond motifs is 4. The van der Waals surface area contributed by atoms with Crippen LogP contribution in [0.4, 0.5) is 0 Å². The van der Waals surface area contributed by atoms with Crippen molar-refractivity contribution in [3.05, 3.63) is 12.2 Å². The van der Waals surface area contributed by atoms with Gasteiger partial charge < -0.3 is 18.7 Å². The van der Waals surface area contributed by atoms with Crippen LogP contribution in [0.1, 0.15) is 79.6 Å². The Hall–Kier alpha value is 0.207. The van der Waals surface area contributed by atoms with Crippen molar-refractivity contribution in [2.75, 3.05) is 18.1 Å². The number of carbonyl (C=O) groups excluding carboxylic acids is 1. The van der Waals surface area contributed by atoms with Gasteiger partial charge in [0.15, 0.2) is 20.9 Å². The quantitative estimate of drug-likeness (QED) is 0.198. The van der Waals surface area contributed by atoms with Crippen molar-refractivity contribution in [2.24, 2.45) is 27.6 Å². The molecule has 0 aromatic heterocycles.